The smallest absolute Gasteiger partial charge is 0.223 e. The van der Waals surface area contributed by atoms with Crippen molar-refractivity contribution in [2.75, 3.05) is 6.54 Å². The van der Waals surface area contributed by atoms with Gasteiger partial charge < -0.3 is 4.90 Å². The minimum absolute atomic E-state index is 0.243. The number of carbonyl (C=O) groups excluding carboxylic acids is 1. The molecule has 1 saturated heterocycles. The molecule has 0 radical (unpaired) electrons. The molecular weight excluding hydrogens is 220 g/mol. The summed E-state index contributed by atoms with van der Waals surface area (Å²) in [4.78, 5) is 17.5. The van der Waals surface area contributed by atoms with Crippen LogP contribution in [0.4, 0.5) is 0 Å². The van der Waals surface area contributed by atoms with Crippen molar-refractivity contribution >= 4 is 28.8 Å². The fourth-order valence-electron chi connectivity index (χ4n) is 1.52. The Bertz CT molecular complexity index is 339. The maximum atomic E-state index is 11.3. The van der Waals surface area contributed by atoms with Crippen LogP contribution in [0.5, 0.6) is 0 Å². The van der Waals surface area contributed by atoms with Gasteiger partial charge in [0, 0.05) is 18.3 Å². The quantitative estimate of drug-likeness (QED) is 0.745. The van der Waals surface area contributed by atoms with Crippen LogP contribution in [0.3, 0.4) is 0 Å². The second-order valence-electron chi connectivity index (χ2n) is 3.29. The average molecular weight is 231 g/mol. The SMILES string of the molecule is O=C1CCCN1Cc1nc(CCl)cs1. The molecule has 14 heavy (non-hydrogen) atoms. The summed E-state index contributed by atoms with van der Waals surface area (Å²) in [5.41, 5.74) is 0.901. The first-order valence-corrected chi connectivity index (χ1v) is 5.98. The van der Waals surface area contributed by atoms with Crippen molar-refractivity contribution in [3.05, 3.63) is 16.1 Å². The molecule has 0 saturated carbocycles. The predicted octanol–water partition coefficient (Wildman–Crippen LogP) is 2.00. The summed E-state index contributed by atoms with van der Waals surface area (Å²) in [7, 11) is 0. The van der Waals surface area contributed by atoms with Gasteiger partial charge in [0.25, 0.3) is 0 Å². The number of hydrogen-bond donors (Lipinski definition) is 0. The summed E-state index contributed by atoms with van der Waals surface area (Å²) in [6.07, 6.45) is 1.67. The molecule has 0 N–H and O–H groups in total. The third-order valence-electron chi connectivity index (χ3n) is 2.23. The highest BCUT2D eigenvalue weighted by Crippen LogP contribution is 2.17. The fourth-order valence-corrected chi connectivity index (χ4v) is 2.55. The van der Waals surface area contributed by atoms with Crippen LogP contribution >= 0.6 is 22.9 Å². The third-order valence-corrected chi connectivity index (χ3v) is 3.39. The second-order valence-corrected chi connectivity index (χ2v) is 4.49. The molecular formula is C9H11ClN2OS. The van der Waals surface area contributed by atoms with Gasteiger partial charge in [0.2, 0.25) is 5.91 Å². The van der Waals surface area contributed by atoms with Crippen LogP contribution < -0.4 is 0 Å². The van der Waals surface area contributed by atoms with Crippen molar-refractivity contribution in [1.82, 2.24) is 9.88 Å². The maximum Gasteiger partial charge on any atom is 0.223 e. The Morgan fingerprint density at radius 1 is 1.64 bits per heavy atom. The maximum absolute atomic E-state index is 11.3. The van der Waals surface area contributed by atoms with Gasteiger partial charge in [-0.3, -0.25) is 4.79 Å². The topological polar surface area (TPSA) is 33.2 Å². The largest absolute Gasteiger partial charge is 0.336 e. The molecule has 1 aromatic rings. The number of nitrogens with zero attached hydrogens (tertiary/aromatic N) is 2. The van der Waals surface area contributed by atoms with E-state index in [1.165, 1.54) is 0 Å². The van der Waals surface area contributed by atoms with Crippen LogP contribution in [0.2, 0.25) is 0 Å². The van der Waals surface area contributed by atoms with Crippen molar-refractivity contribution in [1.29, 1.82) is 0 Å². The summed E-state index contributed by atoms with van der Waals surface area (Å²) in [6, 6.07) is 0. The number of likely N-dealkylation sites (tertiary alicyclic amines) is 1. The lowest BCUT2D eigenvalue weighted by Gasteiger charge is -2.12. The number of amides is 1. The molecule has 76 valence electrons. The molecule has 1 aromatic heterocycles. The average Bonchev–Trinajstić information content (AvgIpc) is 2.77. The molecule has 1 aliphatic rings. The molecule has 2 heterocycles. The Morgan fingerprint density at radius 3 is 3.07 bits per heavy atom. The highest BCUT2D eigenvalue weighted by molar-refractivity contribution is 7.09. The number of rotatable bonds is 3. The molecule has 1 aliphatic heterocycles. The number of thiazole rings is 1. The van der Waals surface area contributed by atoms with E-state index >= 15 is 0 Å². The Morgan fingerprint density at radius 2 is 2.50 bits per heavy atom. The van der Waals surface area contributed by atoms with Gasteiger partial charge >= 0.3 is 0 Å². The molecule has 5 heteroatoms. The number of halogens is 1. The Balaban J connectivity index is 1.99. The summed E-state index contributed by atoms with van der Waals surface area (Å²) >= 11 is 7.22. The zero-order valence-corrected chi connectivity index (χ0v) is 9.27. The Kier molecular flexibility index (Phi) is 3.03. The summed E-state index contributed by atoms with van der Waals surface area (Å²) < 4.78 is 0. The van der Waals surface area contributed by atoms with Gasteiger partial charge in [0.15, 0.2) is 0 Å². The molecule has 0 spiro atoms. The van der Waals surface area contributed by atoms with Crippen LogP contribution in [-0.2, 0) is 17.2 Å². The van der Waals surface area contributed by atoms with E-state index in [-0.39, 0.29) is 5.91 Å². The number of alkyl halides is 1. The van der Waals surface area contributed by atoms with Gasteiger partial charge in [-0.1, -0.05) is 0 Å². The van der Waals surface area contributed by atoms with Crippen LogP contribution in [0.25, 0.3) is 0 Å². The number of hydrogen-bond acceptors (Lipinski definition) is 3. The zero-order valence-electron chi connectivity index (χ0n) is 7.70. The van der Waals surface area contributed by atoms with Crippen LogP contribution in [-0.4, -0.2) is 22.3 Å². The van der Waals surface area contributed by atoms with Gasteiger partial charge in [-0.05, 0) is 6.42 Å². The third kappa shape index (κ3) is 2.07. The summed E-state index contributed by atoms with van der Waals surface area (Å²) in [5.74, 6) is 0.692. The molecule has 0 aromatic carbocycles. The molecule has 0 atom stereocenters. The van der Waals surface area contributed by atoms with E-state index in [0.717, 1.165) is 23.7 Å². The molecule has 1 amide bonds. The predicted molar refractivity (Wildman–Crippen MR) is 56.3 cm³/mol. The first-order chi connectivity index (χ1) is 6.79. The van der Waals surface area contributed by atoms with Gasteiger partial charge in [0.05, 0.1) is 18.1 Å². The standard InChI is InChI=1S/C9H11ClN2OS/c10-4-7-6-14-8(11-7)5-12-3-1-2-9(12)13/h6H,1-5H2. The van der Waals surface area contributed by atoms with Gasteiger partial charge in [-0.2, -0.15) is 0 Å². The van der Waals surface area contributed by atoms with E-state index in [9.17, 15) is 4.79 Å². The second kappa shape index (κ2) is 4.28. The van der Waals surface area contributed by atoms with Gasteiger partial charge in [0.1, 0.15) is 5.01 Å². The number of aromatic nitrogens is 1. The van der Waals surface area contributed by atoms with E-state index in [1.54, 1.807) is 11.3 Å². The zero-order chi connectivity index (χ0) is 9.97. The first kappa shape index (κ1) is 9.93. The van der Waals surface area contributed by atoms with Crippen molar-refractivity contribution in [3.8, 4) is 0 Å². The lowest BCUT2D eigenvalue weighted by Crippen LogP contribution is -2.23. The van der Waals surface area contributed by atoms with Crippen LogP contribution in [0.1, 0.15) is 23.5 Å². The first-order valence-electron chi connectivity index (χ1n) is 4.56. The summed E-state index contributed by atoms with van der Waals surface area (Å²) in [5, 5.41) is 2.93. The lowest BCUT2D eigenvalue weighted by molar-refractivity contribution is -0.128. The Labute approximate surface area is 91.7 Å². The minimum atomic E-state index is 0.243. The van der Waals surface area contributed by atoms with Crippen LogP contribution in [0.15, 0.2) is 5.38 Å². The molecule has 0 unspecified atom stereocenters. The van der Waals surface area contributed by atoms with E-state index < -0.39 is 0 Å². The van der Waals surface area contributed by atoms with Gasteiger partial charge in [-0.15, -0.1) is 22.9 Å². The normalized spacial score (nSPS) is 16.6. The lowest BCUT2D eigenvalue weighted by atomic mass is 10.4. The fraction of sp³-hybridized carbons (Fsp3) is 0.556. The molecule has 2 rings (SSSR count). The van der Waals surface area contributed by atoms with Gasteiger partial charge in [-0.25, -0.2) is 4.98 Å². The van der Waals surface area contributed by atoms with Crippen molar-refractivity contribution in [2.24, 2.45) is 0 Å². The van der Waals surface area contributed by atoms with Crippen molar-refractivity contribution in [3.63, 3.8) is 0 Å². The monoisotopic (exact) mass is 230 g/mol. The molecule has 1 fully saturated rings. The Hall–Kier alpha value is -0.610. The van der Waals surface area contributed by atoms with E-state index in [0.29, 0.717) is 18.8 Å². The van der Waals surface area contributed by atoms with Crippen molar-refractivity contribution < 1.29 is 4.79 Å². The van der Waals surface area contributed by atoms with Crippen molar-refractivity contribution in [2.45, 2.75) is 25.3 Å². The molecule has 0 aliphatic carbocycles. The minimum Gasteiger partial charge on any atom is -0.336 e. The van der Waals surface area contributed by atoms with Crippen LogP contribution in [0, 0.1) is 0 Å². The van der Waals surface area contributed by atoms with E-state index in [4.69, 9.17) is 11.6 Å². The highest BCUT2D eigenvalue weighted by Gasteiger charge is 2.20. The van der Waals surface area contributed by atoms with E-state index in [1.807, 2.05) is 10.3 Å². The highest BCUT2D eigenvalue weighted by atomic mass is 35.5. The van der Waals surface area contributed by atoms with E-state index in [2.05, 4.69) is 4.98 Å². The summed E-state index contributed by atoms with van der Waals surface area (Å²) in [6.45, 7) is 1.52. The number of carbonyl (C=O) groups is 1. The molecule has 3 nitrogen and oxygen atoms in total. The molecule has 0 bridgehead atoms.